The van der Waals surface area contributed by atoms with Crippen LogP contribution in [0.2, 0.25) is 0 Å². The van der Waals surface area contributed by atoms with Gasteiger partial charge in [-0.25, -0.2) is 4.39 Å². The zero-order valence-electron chi connectivity index (χ0n) is 12.2. The fourth-order valence-corrected chi connectivity index (χ4v) is 2.64. The number of nitrogens with one attached hydrogen (secondary N) is 1. The van der Waals surface area contributed by atoms with E-state index >= 15 is 0 Å². The highest BCUT2D eigenvalue weighted by Gasteiger charge is 2.43. The number of rotatable bonds is 8. The standard InChI is InChI=1S/C17H22FNO2/c18-14-4-1-3-13(9-14)15-10-16(15)17(20)19-7-2-8-21-11-12-5-6-12/h1,3-4,9,12,15-16H,2,5-8,10-11H2,(H,19,20)/t15-,16-/m1/s1. The van der Waals surface area contributed by atoms with Crippen LogP contribution in [0.25, 0.3) is 0 Å². The van der Waals surface area contributed by atoms with Crippen molar-refractivity contribution in [1.82, 2.24) is 5.32 Å². The Bertz CT molecular complexity index is 501. The fraction of sp³-hybridized carbons (Fsp3) is 0.588. The van der Waals surface area contributed by atoms with Crippen LogP contribution in [0.4, 0.5) is 4.39 Å². The number of hydrogen-bond donors (Lipinski definition) is 1. The van der Waals surface area contributed by atoms with Crippen molar-refractivity contribution in [2.75, 3.05) is 19.8 Å². The number of halogens is 1. The van der Waals surface area contributed by atoms with Gasteiger partial charge in [0.2, 0.25) is 5.91 Å². The van der Waals surface area contributed by atoms with Gasteiger partial charge in [0, 0.05) is 25.7 Å². The molecule has 1 aromatic carbocycles. The lowest BCUT2D eigenvalue weighted by atomic mass is 10.1. The van der Waals surface area contributed by atoms with E-state index in [1.165, 1.54) is 25.0 Å². The van der Waals surface area contributed by atoms with Crippen LogP contribution >= 0.6 is 0 Å². The van der Waals surface area contributed by atoms with Gasteiger partial charge in [-0.1, -0.05) is 12.1 Å². The summed E-state index contributed by atoms with van der Waals surface area (Å²) in [5.41, 5.74) is 0.933. The van der Waals surface area contributed by atoms with Crippen LogP contribution in [0, 0.1) is 17.7 Å². The summed E-state index contributed by atoms with van der Waals surface area (Å²) in [6, 6.07) is 6.56. The molecule has 2 atom stereocenters. The van der Waals surface area contributed by atoms with Gasteiger partial charge in [0.1, 0.15) is 5.82 Å². The second-order valence-corrected chi connectivity index (χ2v) is 6.17. The van der Waals surface area contributed by atoms with Crippen LogP contribution in [-0.4, -0.2) is 25.7 Å². The van der Waals surface area contributed by atoms with Gasteiger partial charge < -0.3 is 10.1 Å². The summed E-state index contributed by atoms with van der Waals surface area (Å²) < 4.78 is 18.7. The zero-order chi connectivity index (χ0) is 14.7. The molecule has 3 rings (SSSR count). The molecule has 0 radical (unpaired) electrons. The Morgan fingerprint density at radius 1 is 1.38 bits per heavy atom. The van der Waals surface area contributed by atoms with Crippen molar-refractivity contribution in [3.63, 3.8) is 0 Å². The molecule has 0 saturated heterocycles. The van der Waals surface area contributed by atoms with Crippen molar-refractivity contribution >= 4 is 5.91 Å². The summed E-state index contributed by atoms with van der Waals surface area (Å²) in [5.74, 6) is 0.849. The summed E-state index contributed by atoms with van der Waals surface area (Å²) in [5, 5.41) is 2.95. The lowest BCUT2D eigenvalue weighted by molar-refractivity contribution is -0.122. The minimum absolute atomic E-state index is 0.0131. The van der Waals surface area contributed by atoms with E-state index < -0.39 is 0 Å². The van der Waals surface area contributed by atoms with E-state index in [2.05, 4.69) is 5.32 Å². The van der Waals surface area contributed by atoms with E-state index in [4.69, 9.17) is 4.74 Å². The van der Waals surface area contributed by atoms with Crippen molar-refractivity contribution in [1.29, 1.82) is 0 Å². The van der Waals surface area contributed by atoms with Crippen molar-refractivity contribution in [3.05, 3.63) is 35.6 Å². The third kappa shape index (κ3) is 4.27. The Labute approximate surface area is 124 Å². The first-order valence-electron chi connectivity index (χ1n) is 7.85. The van der Waals surface area contributed by atoms with Gasteiger partial charge in [-0.3, -0.25) is 4.79 Å². The number of ether oxygens (including phenoxy) is 1. The molecule has 0 spiro atoms. The van der Waals surface area contributed by atoms with E-state index in [-0.39, 0.29) is 23.6 Å². The maximum atomic E-state index is 13.2. The van der Waals surface area contributed by atoms with Crippen molar-refractivity contribution in [2.24, 2.45) is 11.8 Å². The molecule has 2 aliphatic carbocycles. The van der Waals surface area contributed by atoms with E-state index in [1.807, 2.05) is 6.07 Å². The summed E-state index contributed by atoms with van der Waals surface area (Å²) in [6.07, 6.45) is 4.29. The lowest BCUT2D eigenvalue weighted by Gasteiger charge is -2.06. The van der Waals surface area contributed by atoms with Crippen LogP contribution < -0.4 is 5.32 Å². The van der Waals surface area contributed by atoms with E-state index in [0.29, 0.717) is 6.54 Å². The molecule has 0 aromatic heterocycles. The van der Waals surface area contributed by atoms with Crippen LogP contribution in [0.5, 0.6) is 0 Å². The SMILES string of the molecule is O=C(NCCCOCC1CC1)[C@@H]1C[C@@H]1c1cccc(F)c1. The molecule has 4 heteroatoms. The van der Waals surface area contributed by atoms with Crippen molar-refractivity contribution in [3.8, 4) is 0 Å². The van der Waals surface area contributed by atoms with Gasteiger partial charge in [0.25, 0.3) is 0 Å². The average Bonchev–Trinajstić information content (AvgIpc) is 3.36. The smallest absolute Gasteiger partial charge is 0.223 e. The molecule has 1 aromatic rings. The summed E-state index contributed by atoms with van der Waals surface area (Å²) in [4.78, 5) is 12.0. The summed E-state index contributed by atoms with van der Waals surface area (Å²) >= 11 is 0. The fourth-order valence-electron chi connectivity index (χ4n) is 2.64. The Balaban J connectivity index is 1.31. The molecule has 0 aliphatic heterocycles. The third-order valence-electron chi connectivity index (χ3n) is 4.22. The summed E-state index contributed by atoms with van der Waals surface area (Å²) in [6.45, 7) is 2.25. The molecule has 3 nitrogen and oxygen atoms in total. The molecule has 0 heterocycles. The molecule has 1 amide bonds. The van der Waals surface area contributed by atoms with Gasteiger partial charge in [0.05, 0.1) is 0 Å². The molecule has 2 fully saturated rings. The Kier molecular flexibility index (Phi) is 4.54. The molecule has 2 saturated carbocycles. The highest BCUT2D eigenvalue weighted by Crippen LogP contribution is 2.47. The first-order chi connectivity index (χ1) is 10.2. The second kappa shape index (κ2) is 6.56. The maximum absolute atomic E-state index is 13.2. The Hall–Kier alpha value is -1.42. The lowest BCUT2D eigenvalue weighted by Crippen LogP contribution is -2.27. The Morgan fingerprint density at radius 2 is 2.24 bits per heavy atom. The van der Waals surface area contributed by atoms with Gasteiger partial charge in [-0.15, -0.1) is 0 Å². The van der Waals surface area contributed by atoms with E-state index in [9.17, 15) is 9.18 Å². The Morgan fingerprint density at radius 3 is 3.00 bits per heavy atom. The van der Waals surface area contributed by atoms with Gasteiger partial charge in [0.15, 0.2) is 0 Å². The predicted molar refractivity (Wildman–Crippen MR) is 78.4 cm³/mol. The first kappa shape index (κ1) is 14.5. The second-order valence-electron chi connectivity index (χ2n) is 6.17. The molecule has 2 aliphatic rings. The topological polar surface area (TPSA) is 38.3 Å². The minimum atomic E-state index is -0.230. The zero-order valence-corrected chi connectivity index (χ0v) is 12.2. The largest absolute Gasteiger partial charge is 0.381 e. The van der Waals surface area contributed by atoms with Crippen LogP contribution in [0.1, 0.15) is 37.2 Å². The normalized spacial score (nSPS) is 23.9. The number of amides is 1. The molecule has 1 N–H and O–H groups in total. The van der Waals surface area contributed by atoms with E-state index in [1.54, 1.807) is 6.07 Å². The molecule has 21 heavy (non-hydrogen) atoms. The van der Waals surface area contributed by atoms with Crippen LogP contribution in [-0.2, 0) is 9.53 Å². The van der Waals surface area contributed by atoms with Crippen molar-refractivity contribution in [2.45, 2.75) is 31.6 Å². The highest BCUT2D eigenvalue weighted by molar-refractivity contribution is 5.82. The summed E-state index contributed by atoms with van der Waals surface area (Å²) in [7, 11) is 0. The van der Waals surface area contributed by atoms with Gasteiger partial charge in [-0.05, 0) is 55.2 Å². The maximum Gasteiger partial charge on any atom is 0.223 e. The quantitative estimate of drug-likeness (QED) is 0.748. The van der Waals surface area contributed by atoms with Gasteiger partial charge in [-0.2, -0.15) is 0 Å². The monoisotopic (exact) mass is 291 g/mol. The molecule has 0 unspecified atom stereocenters. The molecule has 0 bridgehead atoms. The predicted octanol–water partition coefficient (Wildman–Crippen LogP) is 2.86. The van der Waals surface area contributed by atoms with Crippen LogP contribution in [0.15, 0.2) is 24.3 Å². The highest BCUT2D eigenvalue weighted by atomic mass is 19.1. The first-order valence-corrected chi connectivity index (χ1v) is 7.85. The molecular weight excluding hydrogens is 269 g/mol. The molecular formula is C17H22FNO2. The number of carbonyl (C=O) groups is 1. The van der Waals surface area contributed by atoms with Gasteiger partial charge >= 0.3 is 0 Å². The number of benzene rings is 1. The third-order valence-corrected chi connectivity index (χ3v) is 4.22. The van der Waals surface area contributed by atoms with Crippen LogP contribution in [0.3, 0.4) is 0 Å². The average molecular weight is 291 g/mol. The minimum Gasteiger partial charge on any atom is -0.381 e. The number of hydrogen-bond acceptors (Lipinski definition) is 2. The van der Waals surface area contributed by atoms with Crippen molar-refractivity contribution < 1.29 is 13.9 Å². The number of carbonyl (C=O) groups excluding carboxylic acids is 1. The van der Waals surface area contributed by atoms with E-state index in [0.717, 1.165) is 37.5 Å². The molecule has 114 valence electrons.